The Morgan fingerprint density at radius 3 is 2.32 bits per heavy atom. The van der Waals surface area contributed by atoms with E-state index < -0.39 is 17.5 Å². The summed E-state index contributed by atoms with van der Waals surface area (Å²) in [5.41, 5.74) is 5.91. The van der Waals surface area contributed by atoms with E-state index in [0.717, 1.165) is 12.1 Å². The van der Waals surface area contributed by atoms with Gasteiger partial charge < -0.3 is 5.73 Å². The first-order chi connectivity index (χ1) is 8.90. The largest absolute Gasteiger partial charge is 0.383 e. The maximum atomic E-state index is 13.2. The maximum absolute atomic E-state index is 13.2. The van der Waals surface area contributed by atoms with E-state index in [0.29, 0.717) is 10.1 Å². The molecule has 0 fully saturated rings. The molecule has 3 nitrogen and oxygen atoms in total. The lowest BCUT2D eigenvalue weighted by Gasteiger charge is -2.07. The second-order valence-corrected chi connectivity index (χ2v) is 5.81. The van der Waals surface area contributed by atoms with Crippen LogP contribution in [0.1, 0.15) is 13.8 Å². The molecule has 0 aliphatic carbocycles. The summed E-state index contributed by atoms with van der Waals surface area (Å²) in [6.07, 6.45) is 1.51. The van der Waals surface area contributed by atoms with Crippen molar-refractivity contribution in [2.45, 2.75) is 24.0 Å². The smallest absolute Gasteiger partial charge is 0.194 e. The molecule has 0 aliphatic heterocycles. The fraction of sp³-hybridized carbons (Fsp3) is 0.250. The van der Waals surface area contributed by atoms with E-state index in [-0.39, 0.29) is 11.5 Å². The molecule has 19 heavy (non-hydrogen) atoms. The zero-order valence-corrected chi connectivity index (χ0v) is 11.1. The average molecular weight is 287 g/mol. The van der Waals surface area contributed by atoms with Crippen LogP contribution in [-0.4, -0.2) is 15.0 Å². The summed E-state index contributed by atoms with van der Waals surface area (Å²) >= 11 is 1.48. The lowest BCUT2D eigenvalue weighted by atomic mass is 10.3. The Morgan fingerprint density at radius 2 is 1.79 bits per heavy atom. The van der Waals surface area contributed by atoms with Crippen LogP contribution in [0.2, 0.25) is 0 Å². The molecule has 102 valence electrons. The Kier molecular flexibility index (Phi) is 3.75. The Labute approximate surface area is 112 Å². The standard InChI is InChI=1S/C12H12F3N3S/c1-6(2)19-10-5-17-18(12(10)16)7-3-8(13)11(15)9(14)4-7/h3-6H,16H2,1-2H3. The molecule has 1 heterocycles. The molecular formula is C12H12F3N3S. The van der Waals surface area contributed by atoms with Crippen molar-refractivity contribution in [3.63, 3.8) is 0 Å². The van der Waals surface area contributed by atoms with E-state index >= 15 is 0 Å². The highest BCUT2D eigenvalue weighted by molar-refractivity contribution is 8.00. The number of benzene rings is 1. The number of nitrogens with two attached hydrogens (primary N) is 1. The highest BCUT2D eigenvalue weighted by Gasteiger charge is 2.15. The number of anilines is 1. The maximum Gasteiger partial charge on any atom is 0.194 e. The fourth-order valence-electron chi connectivity index (χ4n) is 1.56. The SMILES string of the molecule is CC(C)Sc1cnn(-c2cc(F)c(F)c(F)c2)c1N. The average Bonchev–Trinajstić information content (AvgIpc) is 2.67. The molecule has 0 bridgehead atoms. The van der Waals surface area contributed by atoms with Crippen molar-refractivity contribution in [1.82, 2.24) is 9.78 Å². The predicted octanol–water partition coefficient (Wildman–Crippen LogP) is 3.37. The number of rotatable bonds is 3. The molecule has 0 amide bonds. The number of aromatic nitrogens is 2. The Balaban J connectivity index is 2.45. The normalized spacial score (nSPS) is 11.3. The first-order valence-electron chi connectivity index (χ1n) is 5.55. The second-order valence-electron chi connectivity index (χ2n) is 4.20. The minimum absolute atomic E-state index is 0.0458. The van der Waals surface area contributed by atoms with Crippen molar-refractivity contribution in [3.05, 3.63) is 35.8 Å². The minimum Gasteiger partial charge on any atom is -0.383 e. The van der Waals surface area contributed by atoms with Crippen LogP contribution in [0.25, 0.3) is 5.69 Å². The number of hydrogen-bond donors (Lipinski definition) is 1. The van der Waals surface area contributed by atoms with Gasteiger partial charge >= 0.3 is 0 Å². The predicted molar refractivity (Wildman–Crippen MR) is 68.8 cm³/mol. The lowest BCUT2D eigenvalue weighted by Crippen LogP contribution is -2.05. The fourth-order valence-corrected chi connectivity index (χ4v) is 2.38. The first-order valence-corrected chi connectivity index (χ1v) is 6.43. The molecule has 0 saturated heterocycles. The minimum atomic E-state index is -1.51. The van der Waals surface area contributed by atoms with Gasteiger partial charge in [0.05, 0.1) is 16.8 Å². The third kappa shape index (κ3) is 2.70. The van der Waals surface area contributed by atoms with Gasteiger partial charge in [-0.15, -0.1) is 11.8 Å². The molecule has 7 heteroatoms. The molecule has 0 unspecified atom stereocenters. The summed E-state index contributed by atoms with van der Waals surface area (Å²) in [5, 5.41) is 4.26. The molecule has 2 rings (SSSR count). The van der Waals surface area contributed by atoms with Gasteiger partial charge in [0.2, 0.25) is 0 Å². The number of hydrogen-bond acceptors (Lipinski definition) is 3. The Morgan fingerprint density at radius 1 is 1.21 bits per heavy atom. The van der Waals surface area contributed by atoms with Crippen molar-refractivity contribution in [1.29, 1.82) is 0 Å². The van der Waals surface area contributed by atoms with Crippen LogP contribution in [0.5, 0.6) is 0 Å². The van der Waals surface area contributed by atoms with Gasteiger partial charge in [-0.25, -0.2) is 17.9 Å². The van der Waals surface area contributed by atoms with E-state index in [2.05, 4.69) is 5.10 Å². The molecule has 1 aromatic carbocycles. The zero-order chi connectivity index (χ0) is 14.2. The third-order valence-electron chi connectivity index (χ3n) is 2.35. The molecule has 0 saturated carbocycles. The zero-order valence-electron chi connectivity index (χ0n) is 10.3. The van der Waals surface area contributed by atoms with Crippen molar-refractivity contribution >= 4 is 17.6 Å². The second kappa shape index (κ2) is 5.16. The first kappa shape index (κ1) is 13.8. The molecule has 2 N–H and O–H groups in total. The third-order valence-corrected chi connectivity index (χ3v) is 3.39. The van der Waals surface area contributed by atoms with Crippen LogP contribution < -0.4 is 5.73 Å². The van der Waals surface area contributed by atoms with E-state index in [1.807, 2.05) is 13.8 Å². The van der Waals surface area contributed by atoms with Gasteiger partial charge in [-0.2, -0.15) is 5.10 Å². The van der Waals surface area contributed by atoms with Crippen LogP contribution in [0.4, 0.5) is 19.0 Å². The molecule has 0 aliphatic rings. The van der Waals surface area contributed by atoms with Gasteiger partial charge in [-0.05, 0) is 0 Å². The van der Waals surface area contributed by atoms with Gasteiger partial charge in [0.25, 0.3) is 0 Å². The molecule has 2 aromatic rings. The summed E-state index contributed by atoms with van der Waals surface area (Å²) < 4.78 is 40.4. The van der Waals surface area contributed by atoms with Crippen LogP contribution in [-0.2, 0) is 0 Å². The number of thioether (sulfide) groups is 1. The Bertz CT molecular complexity index is 587. The van der Waals surface area contributed by atoms with Crippen molar-refractivity contribution in [2.24, 2.45) is 0 Å². The van der Waals surface area contributed by atoms with E-state index in [9.17, 15) is 13.2 Å². The van der Waals surface area contributed by atoms with Crippen molar-refractivity contribution in [2.75, 3.05) is 5.73 Å². The number of nitrogen functional groups attached to an aromatic ring is 1. The van der Waals surface area contributed by atoms with Crippen molar-refractivity contribution in [3.8, 4) is 5.69 Å². The summed E-state index contributed by atoms with van der Waals surface area (Å²) in [5.74, 6) is -3.79. The quantitative estimate of drug-likeness (QED) is 0.695. The summed E-state index contributed by atoms with van der Waals surface area (Å²) in [4.78, 5) is 0.708. The Hall–Kier alpha value is -1.63. The van der Waals surface area contributed by atoms with E-state index in [1.54, 1.807) is 0 Å². The summed E-state index contributed by atoms with van der Waals surface area (Å²) in [6.45, 7) is 3.97. The molecule has 0 spiro atoms. The molecular weight excluding hydrogens is 275 g/mol. The van der Waals surface area contributed by atoms with Gasteiger partial charge in [-0.1, -0.05) is 13.8 Å². The highest BCUT2D eigenvalue weighted by atomic mass is 32.2. The lowest BCUT2D eigenvalue weighted by molar-refractivity contribution is 0.446. The van der Waals surface area contributed by atoms with Crippen molar-refractivity contribution < 1.29 is 13.2 Å². The molecule has 1 aromatic heterocycles. The molecule has 0 atom stereocenters. The van der Waals surface area contributed by atoms with Crippen LogP contribution in [0.3, 0.4) is 0 Å². The number of halogens is 3. The van der Waals surface area contributed by atoms with Crippen LogP contribution in [0.15, 0.2) is 23.2 Å². The van der Waals surface area contributed by atoms with Crippen LogP contribution >= 0.6 is 11.8 Å². The molecule has 0 radical (unpaired) electrons. The van der Waals surface area contributed by atoms with Crippen LogP contribution in [0, 0.1) is 17.5 Å². The van der Waals surface area contributed by atoms with E-state index in [4.69, 9.17) is 5.73 Å². The monoisotopic (exact) mass is 287 g/mol. The van der Waals surface area contributed by atoms with Gasteiger partial charge in [0, 0.05) is 17.4 Å². The van der Waals surface area contributed by atoms with Gasteiger partial charge in [-0.3, -0.25) is 0 Å². The van der Waals surface area contributed by atoms with E-state index in [1.165, 1.54) is 22.6 Å². The topological polar surface area (TPSA) is 43.8 Å². The number of nitrogens with zero attached hydrogens (tertiary/aromatic N) is 2. The van der Waals surface area contributed by atoms with Gasteiger partial charge in [0.1, 0.15) is 5.82 Å². The highest BCUT2D eigenvalue weighted by Crippen LogP contribution is 2.30. The summed E-state index contributed by atoms with van der Waals surface area (Å²) in [7, 11) is 0. The summed E-state index contributed by atoms with van der Waals surface area (Å²) in [6, 6.07) is 1.71. The van der Waals surface area contributed by atoms with Gasteiger partial charge in [0.15, 0.2) is 17.5 Å².